The number of fused-ring (bicyclic) bond motifs is 1. The van der Waals surface area contributed by atoms with Crippen LogP contribution in [-0.4, -0.2) is 81.9 Å². The van der Waals surface area contributed by atoms with Crippen LogP contribution in [0, 0.1) is 11.3 Å². The molecule has 52 heavy (non-hydrogen) atoms. The van der Waals surface area contributed by atoms with Crippen molar-refractivity contribution in [2.24, 2.45) is 0 Å². The van der Waals surface area contributed by atoms with Gasteiger partial charge in [0, 0.05) is 12.1 Å². The van der Waals surface area contributed by atoms with Crippen molar-refractivity contribution in [2.45, 2.75) is 44.1 Å². The molecule has 1 fully saturated rings. The van der Waals surface area contributed by atoms with E-state index in [9.17, 15) is 22.8 Å². The van der Waals surface area contributed by atoms with Gasteiger partial charge in [0.25, 0.3) is 5.91 Å². The molecule has 276 valence electrons. The minimum atomic E-state index is -4.78. The van der Waals surface area contributed by atoms with Crippen LogP contribution in [0.1, 0.15) is 42.1 Å². The summed E-state index contributed by atoms with van der Waals surface area (Å²) in [5, 5.41) is 12.0. The molecule has 1 aliphatic carbocycles. The number of nitrogens with one attached hydrogen (secondary N) is 1. The van der Waals surface area contributed by atoms with Crippen LogP contribution in [0.2, 0.25) is 0 Å². The zero-order valence-electron chi connectivity index (χ0n) is 28.7. The number of hydrogen-bond acceptors (Lipinski definition) is 9. The first-order valence-corrected chi connectivity index (χ1v) is 17.0. The predicted octanol–water partition coefficient (Wildman–Crippen LogP) is 5.35. The van der Waals surface area contributed by atoms with Crippen molar-refractivity contribution in [3.8, 4) is 11.8 Å². The highest BCUT2D eigenvalue weighted by atomic mass is 32.1. The maximum atomic E-state index is 13.6. The topological polar surface area (TPSA) is 123 Å². The highest BCUT2D eigenvalue weighted by molar-refractivity contribution is 7.81. The van der Waals surface area contributed by atoms with Gasteiger partial charge >= 0.3 is 6.18 Å². The number of alkyl halides is 3. The van der Waals surface area contributed by atoms with Crippen LogP contribution >= 0.6 is 12.2 Å². The molecule has 0 spiro atoms. The van der Waals surface area contributed by atoms with E-state index in [4.69, 9.17) is 41.2 Å². The summed E-state index contributed by atoms with van der Waals surface area (Å²) in [4.78, 5) is 27.1. The number of carbonyl (C=O) groups excluding carboxylic acids is 2. The Balaban J connectivity index is 0.968. The van der Waals surface area contributed by atoms with Crippen LogP contribution in [0.4, 0.5) is 24.5 Å². The number of amides is 2. The first-order chi connectivity index (χ1) is 25.0. The Labute approximate surface area is 305 Å². The van der Waals surface area contributed by atoms with Crippen molar-refractivity contribution < 1.29 is 46.4 Å². The summed E-state index contributed by atoms with van der Waals surface area (Å²) in [6.07, 6.45) is -3.47. The van der Waals surface area contributed by atoms with Crippen molar-refractivity contribution in [1.82, 2.24) is 5.32 Å². The molecule has 0 saturated carbocycles. The van der Waals surface area contributed by atoms with Gasteiger partial charge in [0.1, 0.15) is 17.9 Å². The largest absolute Gasteiger partial charge is 0.491 e. The molecule has 0 radical (unpaired) electrons. The molecular weight excluding hydrogens is 701 g/mol. The Hall–Kier alpha value is -4.59. The number of carbonyl (C=O) groups is 2. The lowest BCUT2D eigenvalue weighted by Gasteiger charge is -2.29. The predicted molar refractivity (Wildman–Crippen MR) is 189 cm³/mol. The minimum Gasteiger partial charge on any atom is -0.491 e. The van der Waals surface area contributed by atoms with Crippen molar-refractivity contribution in [1.29, 1.82) is 5.26 Å². The van der Waals surface area contributed by atoms with Gasteiger partial charge in [-0.2, -0.15) is 18.4 Å². The molecule has 15 heteroatoms. The number of benzene rings is 3. The number of halogens is 3. The molecule has 1 N–H and O–H groups in total. The van der Waals surface area contributed by atoms with Gasteiger partial charge in [0.15, 0.2) is 5.11 Å². The molecule has 3 aromatic rings. The van der Waals surface area contributed by atoms with Gasteiger partial charge < -0.3 is 33.9 Å². The summed E-state index contributed by atoms with van der Waals surface area (Å²) < 4.78 is 69.3. The van der Waals surface area contributed by atoms with E-state index in [-0.39, 0.29) is 29.6 Å². The summed E-state index contributed by atoms with van der Waals surface area (Å²) in [6, 6.07) is 19.2. The monoisotopic (exact) mass is 740 g/mol. The molecule has 0 unspecified atom stereocenters. The van der Waals surface area contributed by atoms with Crippen molar-refractivity contribution in [3.05, 3.63) is 89.0 Å². The molecule has 2 aliphatic rings. The summed E-state index contributed by atoms with van der Waals surface area (Å²) in [6.45, 7) is 6.23. The number of anilines is 2. The van der Waals surface area contributed by atoms with Crippen molar-refractivity contribution in [2.75, 3.05) is 62.7 Å². The normalized spacial score (nSPS) is 18.0. The molecule has 1 aliphatic heterocycles. The van der Waals surface area contributed by atoms with Crippen LogP contribution in [0.3, 0.4) is 0 Å². The van der Waals surface area contributed by atoms with Gasteiger partial charge in [-0.3, -0.25) is 14.5 Å². The Morgan fingerprint density at radius 3 is 2.17 bits per heavy atom. The van der Waals surface area contributed by atoms with Crippen LogP contribution in [0.5, 0.6) is 5.75 Å². The van der Waals surface area contributed by atoms with Crippen LogP contribution < -0.4 is 19.9 Å². The van der Waals surface area contributed by atoms with E-state index >= 15 is 0 Å². The summed E-state index contributed by atoms with van der Waals surface area (Å²) in [7, 11) is 0. The number of nitriles is 1. The van der Waals surface area contributed by atoms with Gasteiger partial charge in [0.2, 0.25) is 6.41 Å². The zero-order chi connectivity index (χ0) is 37.3. The lowest BCUT2D eigenvalue weighted by Crippen LogP contribution is -2.44. The quantitative estimate of drug-likeness (QED) is 0.104. The number of nitrogens with zero attached hydrogens (tertiary/aromatic N) is 3. The third-order valence-electron chi connectivity index (χ3n) is 8.68. The summed E-state index contributed by atoms with van der Waals surface area (Å²) in [5.41, 5.74) is -0.164. The second-order valence-corrected chi connectivity index (χ2v) is 12.8. The van der Waals surface area contributed by atoms with E-state index in [0.29, 0.717) is 64.1 Å². The molecular formula is C37H39F3N4O7S. The van der Waals surface area contributed by atoms with Gasteiger partial charge in [-0.25, -0.2) is 0 Å². The second kappa shape index (κ2) is 17.3. The fraction of sp³-hybridized carbons (Fsp3) is 0.405. The van der Waals surface area contributed by atoms with E-state index in [1.54, 1.807) is 49.1 Å². The Kier molecular flexibility index (Phi) is 12.8. The molecule has 0 aromatic heterocycles. The highest BCUT2D eigenvalue weighted by Crippen LogP contribution is 2.40. The molecule has 1 heterocycles. The Bertz CT molecular complexity index is 1770. The average Bonchev–Trinajstić information content (AvgIpc) is 3.55. The third kappa shape index (κ3) is 8.88. The van der Waals surface area contributed by atoms with E-state index in [1.165, 1.54) is 11.6 Å². The van der Waals surface area contributed by atoms with Crippen LogP contribution in [0.25, 0.3) is 0 Å². The Morgan fingerprint density at radius 2 is 1.54 bits per heavy atom. The van der Waals surface area contributed by atoms with Crippen LogP contribution in [0.15, 0.2) is 66.7 Å². The lowest BCUT2D eigenvalue weighted by molar-refractivity contribution is -0.137. The minimum absolute atomic E-state index is 0.00605. The van der Waals surface area contributed by atoms with E-state index in [0.717, 1.165) is 29.0 Å². The summed E-state index contributed by atoms with van der Waals surface area (Å²) in [5.74, 6) is 0.0370. The van der Waals surface area contributed by atoms with Gasteiger partial charge in [0.05, 0.1) is 81.3 Å². The Morgan fingerprint density at radius 1 is 0.923 bits per heavy atom. The van der Waals surface area contributed by atoms with Gasteiger partial charge in [-0.1, -0.05) is 24.3 Å². The molecule has 1 saturated heterocycles. The van der Waals surface area contributed by atoms with Gasteiger partial charge in [-0.05, 0) is 79.7 Å². The van der Waals surface area contributed by atoms with Crippen molar-refractivity contribution >= 4 is 41.0 Å². The number of hydrogen-bond donors (Lipinski definition) is 1. The smallest absolute Gasteiger partial charge is 0.417 e. The molecule has 3 aromatic carbocycles. The molecule has 11 nitrogen and oxygen atoms in total. The van der Waals surface area contributed by atoms with Crippen LogP contribution in [-0.2, 0) is 41.1 Å². The average molecular weight is 741 g/mol. The number of rotatable bonds is 18. The molecule has 2 atom stereocenters. The highest BCUT2D eigenvalue weighted by Gasteiger charge is 2.50. The van der Waals surface area contributed by atoms with E-state index in [2.05, 4.69) is 5.32 Å². The molecule has 0 bridgehead atoms. The fourth-order valence-corrected chi connectivity index (χ4v) is 6.68. The molecule has 2 amide bonds. The first kappa shape index (κ1) is 38.6. The number of ether oxygens (including phenoxy) is 5. The van der Waals surface area contributed by atoms with E-state index in [1.807, 2.05) is 24.3 Å². The standard InChI is InChI=1S/C37H39F3N4O7S/c1-36(2)34(46)43(28-8-7-26(23-41)31(22-28)37(38,39)40)35(52)44(36)27-9-11-29(12-10-27)50-19-17-48-15-13-47-14-16-49-18-20-51-32-21-25-5-3-4-6-30(25)33(32)42-24-45/h3-12,22,24,32-33H,13-21H2,1-2H3,(H,42,45)/t32-,33+/m1/s1. The third-order valence-corrected chi connectivity index (χ3v) is 9.05. The number of thiocarbonyl (C=S) groups is 1. The second-order valence-electron chi connectivity index (χ2n) is 12.4. The summed E-state index contributed by atoms with van der Waals surface area (Å²) >= 11 is 5.59. The van der Waals surface area contributed by atoms with Crippen molar-refractivity contribution in [3.63, 3.8) is 0 Å². The SMILES string of the molecule is CC1(C)C(=O)N(c2ccc(C#N)c(C(F)(F)F)c2)C(=S)N1c1ccc(OCCOCCOCCOCCO[C@@H]2Cc3ccccc3[C@@H]2NC=O)cc1. The molecule has 5 rings (SSSR count). The van der Waals surface area contributed by atoms with E-state index < -0.39 is 28.7 Å². The maximum Gasteiger partial charge on any atom is 0.417 e. The maximum absolute atomic E-state index is 13.6. The fourth-order valence-electron chi connectivity index (χ4n) is 6.15. The lowest BCUT2D eigenvalue weighted by atomic mass is 10.0. The first-order valence-electron chi connectivity index (χ1n) is 16.6. The van der Waals surface area contributed by atoms with Gasteiger partial charge in [-0.15, -0.1) is 0 Å². The zero-order valence-corrected chi connectivity index (χ0v) is 29.5.